The van der Waals surface area contributed by atoms with Gasteiger partial charge in [-0.2, -0.15) is 5.10 Å². The number of nitrogens with zero attached hydrogens (tertiary/aromatic N) is 3. The van der Waals surface area contributed by atoms with Crippen LogP contribution in [0.15, 0.2) is 57.8 Å². The summed E-state index contributed by atoms with van der Waals surface area (Å²) in [5.41, 5.74) is 1.42. The molecule has 0 aliphatic carbocycles. The molecule has 4 rings (SSSR count). The predicted molar refractivity (Wildman–Crippen MR) is 109 cm³/mol. The molecular weight excluding hydrogens is 398 g/mol. The number of benzene rings is 1. The summed E-state index contributed by atoms with van der Waals surface area (Å²) in [6, 6.07) is 12.6. The number of H-pyrrole nitrogens is 1. The van der Waals surface area contributed by atoms with E-state index in [2.05, 4.69) is 20.6 Å². The Bertz CT molecular complexity index is 1170. The van der Waals surface area contributed by atoms with Crippen molar-refractivity contribution in [3.63, 3.8) is 0 Å². The maximum Gasteiger partial charge on any atom is 0.290 e. The van der Waals surface area contributed by atoms with Crippen LogP contribution in [0.25, 0.3) is 16.1 Å². The summed E-state index contributed by atoms with van der Waals surface area (Å²) >= 11 is 2.73. The lowest BCUT2D eigenvalue weighted by atomic mass is 10.3. The molecule has 142 valence electrons. The van der Waals surface area contributed by atoms with Crippen LogP contribution in [0.2, 0.25) is 0 Å². The maximum absolute atomic E-state index is 12.2. The number of hydrogen-bond acceptors (Lipinski definition) is 7. The van der Waals surface area contributed by atoms with Gasteiger partial charge in [-0.1, -0.05) is 17.8 Å². The lowest BCUT2D eigenvalue weighted by molar-refractivity contribution is -0.113. The van der Waals surface area contributed by atoms with E-state index in [1.807, 2.05) is 17.5 Å². The summed E-state index contributed by atoms with van der Waals surface area (Å²) in [6.45, 7) is 0. The van der Waals surface area contributed by atoms with Gasteiger partial charge in [0.1, 0.15) is 17.0 Å². The first-order valence-electron chi connectivity index (χ1n) is 8.23. The molecule has 28 heavy (non-hydrogen) atoms. The van der Waals surface area contributed by atoms with E-state index in [0.717, 1.165) is 4.88 Å². The highest BCUT2D eigenvalue weighted by Crippen LogP contribution is 2.25. The van der Waals surface area contributed by atoms with Crippen LogP contribution in [0.4, 0.5) is 5.69 Å². The molecule has 3 heterocycles. The van der Waals surface area contributed by atoms with E-state index >= 15 is 0 Å². The molecule has 0 atom stereocenters. The van der Waals surface area contributed by atoms with Crippen LogP contribution in [-0.4, -0.2) is 38.6 Å². The van der Waals surface area contributed by atoms with Gasteiger partial charge >= 0.3 is 0 Å². The molecule has 0 saturated heterocycles. The Morgan fingerprint density at radius 1 is 1.32 bits per heavy atom. The summed E-state index contributed by atoms with van der Waals surface area (Å²) in [5, 5.41) is 16.2. The highest BCUT2D eigenvalue weighted by molar-refractivity contribution is 7.99. The summed E-state index contributed by atoms with van der Waals surface area (Å²) in [6.07, 6.45) is 0. The van der Waals surface area contributed by atoms with Crippen LogP contribution in [0.3, 0.4) is 0 Å². The van der Waals surface area contributed by atoms with E-state index in [1.165, 1.54) is 27.6 Å². The van der Waals surface area contributed by atoms with Crippen molar-refractivity contribution in [3.05, 3.63) is 58.2 Å². The number of ether oxygens (including phenoxy) is 1. The zero-order valence-electron chi connectivity index (χ0n) is 14.7. The molecule has 0 aliphatic heterocycles. The van der Waals surface area contributed by atoms with Gasteiger partial charge < -0.3 is 10.1 Å². The molecule has 2 N–H and O–H groups in total. The van der Waals surface area contributed by atoms with Gasteiger partial charge in [0.05, 0.1) is 17.7 Å². The van der Waals surface area contributed by atoms with Gasteiger partial charge in [0.25, 0.3) is 5.56 Å². The molecule has 8 nitrogen and oxygen atoms in total. The quantitative estimate of drug-likeness (QED) is 0.472. The van der Waals surface area contributed by atoms with Crippen molar-refractivity contribution < 1.29 is 9.53 Å². The van der Waals surface area contributed by atoms with Gasteiger partial charge in [0.2, 0.25) is 11.1 Å². The second-order valence-corrected chi connectivity index (χ2v) is 7.59. The number of amides is 1. The van der Waals surface area contributed by atoms with Gasteiger partial charge in [0.15, 0.2) is 0 Å². The molecular formula is C18H15N5O3S2. The first-order chi connectivity index (χ1) is 13.6. The van der Waals surface area contributed by atoms with Gasteiger partial charge in [-0.25, -0.2) is 9.61 Å². The van der Waals surface area contributed by atoms with Crippen molar-refractivity contribution in [1.29, 1.82) is 0 Å². The number of carbonyl (C=O) groups excluding carboxylic acids is 1. The van der Waals surface area contributed by atoms with E-state index < -0.39 is 0 Å². The van der Waals surface area contributed by atoms with Crippen molar-refractivity contribution in [2.75, 3.05) is 18.2 Å². The molecule has 0 fully saturated rings. The standard InChI is InChI=1S/C18H15N5O3S2/c1-26-12-6-4-11(5-7-12)19-16(24)10-28-18-21-20-17(25)14-9-13(22-23(14)18)15-3-2-8-27-15/h2-9H,10H2,1H3,(H,19,24)(H,20,25). The minimum absolute atomic E-state index is 0.119. The Kier molecular flexibility index (Phi) is 5.13. The molecule has 3 aromatic heterocycles. The van der Waals surface area contributed by atoms with Crippen LogP contribution >= 0.6 is 23.1 Å². The van der Waals surface area contributed by atoms with E-state index in [0.29, 0.717) is 27.8 Å². The number of rotatable bonds is 6. The van der Waals surface area contributed by atoms with Gasteiger partial charge in [-0.05, 0) is 41.8 Å². The fraction of sp³-hybridized carbons (Fsp3) is 0.111. The topological polar surface area (TPSA) is 101 Å². The number of thiophene rings is 1. The van der Waals surface area contributed by atoms with E-state index in [4.69, 9.17) is 4.74 Å². The van der Waals surface area contributed by atoms with Crippen LogP contribution in [-0.2, 0) is 4.79 Å². The lowest BCUT2D eigenvalue weighted by Crippen LogP contribution is -2.17. The average molecular weight is 413 g/mol. The van der Waals surface area contributed by atoms with E-state index in [1.54, 1.807) is 37.4 Å². The smallest absolute Gasteiger partial charge is 0.290 e. The number of hydrogen-bond donors (Lipinski definition) is 2. The van der Waals surface area contributed by atoms with Crippen LogP contribution in [0, 0.1) is 0 Å². The first-order valence-corrected chi connectivity index (χ1v) is 10.1. The second kappa shape index (κ2) is 7.87. The number of carbonyl (C=O) groups is 1. The molecule has 0 radical (unpaired) electrons. The zero-order valence-corrected chi connectivity index (χ0v) is 16.3. The number of methoxy groups -OCH3 is 1. The lowest BCUT2D eigenvalue weighted by Gasteiger charge is -2.06. The third kappa shape index (κ3) is 3.78. The molecule has 0 bridgehead atoms. The van der Waals surface area contributed by atoms with Gasteiger partial charge in [0, 0.05) is 5.69 Å². The minimum atomic E-state index is -0.331. The Morgan fingerprint density at radius 3 is 2.86 bits per heavy atom. The number of nitrogens with one attached hydrogen (secondary N) is 2. The predicted octanol–water partition coefficient (Wildman–Crippen LogP) is 2.89. The normalized spacial score (nSPS) is 10.9. The first kappa shape index (κ1) is 18.3. The molecule has 0 spiro atoms. The third-order valence-electron chi connectivity index (χ3n) is 3.86. The number of anilines is 1. The zero-order chi connectivity index (χ0) is 19.5. The Labute approximate surface area is 167 Å². The molecule has 0 aliphatic rings. The Balaban J connectivity index is 1.50. The average Bonchev–Trinajstić information content (AvgIpc) is 3.38. The van der Waals surface area contributed by atoms with E-state index in [9.17, 15) is 9.59 Å². The van der Waals surface area contributed by atoms with Crippen molar-refractivity contribution in [2.24, 2.45) is 0 Å². The molecule has 0 unspecified atom stereocenters. The van der Waals surface area contributed by atoms with Gasteiger partial charge in [-0.3, -0.25) is 9.59 Å². The second-order valence-electron chi connectivity index (χ2n) is 5.70. The van der Waals surface area contributed by atoms with Crippen LogP contribution < -0.4 is 15.6 Å². The highest BCUT2D eigenvalue weighted by Gasteiger charge is 2.14. The molecule has 1 amide bonds. The monoisotopic (exact) mass is 413 g/mol. The van der Waals surface area contributed by atoms with Crippen molar-refractivity contribution >= 4 is 40.2 Å². The van der Waals surface area contributed by atoms with Crippen LogP contribution in [0.5, 0.6) is 5.75 Å². The number of fused-ring (bicyclic) bond motifs is 1. The highest BCUT2D eigenvalue weighted by atomic mass is 32.2. The van der Waals surface area contributed by atoms with Gasteiger partial charge in [-0.15, -0.1) is 16.4 Å². The molecule has 1 aromatic carbocycles. The number of aromatic nitrogens is 4. The van der Waals surface area contributed by atoms with E-state index in [-0.39, 0.29) is 17.2 Å². The fourth-order valence-electron chi connectivity index (χ4n) is 2.53. The third-order valence-corrected chi connectivity index (χ3v) is 5.68. The summed E-state index contributed by atoms with van der Waals surface area (Å²) < 4.78 is 6.57. The number of aromatic amines is 1. The Morgan fingerprint density at radius 2 is 2.14 bits per heavy atom. The van der Waals surface area contributed by atoms with Crippen molar-refractivity contribution in [3.8, 4) is 16.3 Å². The summed E-state index contributed by atoms with van der Waals surface area (Å²) in [4.78, 5) is 25.3. The van der Waals surface area contributed by atoms with Crippen LogP contribution in [0.1, 0.15) is 0 Å². The van der Waals surface area contributed by atoms with Crippen molar-refractivity contribution in [2.45, 2.75) is 5.16 Å². The SMILES string of the molecule is COc1ccc(NC(=O)CSc2n[nH]c(=O)c3cc(-c4cccs4)nn23)cc1. The largest absolute Gasteiger partial charge is 0.497 e. The molecule has 10 heteroatoms. The summed E-state index contributed by atoms with van der Waals surface area (Å²) in [7, 11) is 1.58. The molecule has 0 saturated carbocycles. The van der Waals surface area contributed by atoms with Crippen molar-refractivity contribution in [1.82, 2.24) is 19.8 Å². The minimum Gasteiger partial charge on any atom is -0.497 e. The number of thioether (sulfide) groups is 1. The summed E-state index contributed by atoms with van der Waals surface area (Å²) in [5.74, 6) is 0.642. The molecule has 4 aromatic rings. The fourth-order valence-corrected chi connectivity index (χ4v) is 3.92. The Hall–Kier alpha value is -3.11. The maximum atomic E-state index is 12.2.